The van der Waals surface area contributed by atoms with Gasteiger partial charge in [-0.2, -0.15) is 0 Å². The first-order valence-corrected chi connectivity index (χ1v) is 10.6. The minimum absolute atomic E-state index is 0.0439. The largest absolute Gasteiger partial charge is 0.462 e. The first kappa shape index (κ1) is 20.2. The van der Waals surface area contributed by atoms with Gasteiger partial charge in [-0.15, -0.1) is 0 Å². The quantitative estimate of drug-likeness (QED) is 0.548. The Hall–Kier alpha value is -2.57. The number of carbonyl (C=O) groups is 1. The van der Waals surface area contributed by atoms with E-state index in [2.05, 4.69) is 0 Å². The van der Waals surface area contributed by atoms with Crippen LogP contribution in [0.3, 0.4) is 0 Å². The Morgan fingerprint density at radius 2 is 1.64 bits per heavy atom. The van der Waals surface area contributed by atoms with Crippen LogP contribution in [0, 0.1) is 0 Å². The summed E-state index contributed by atoms with van der Waals surface area (Å²) in [6, 6.07) is 18.7. The Morgan fingerprint density at radius 3 is 2.29 bits per heavy atom. The molecule has 0 aliphatic heterocycles. The molecule has 3 aromatic carbocycles. The minimum atomic E-state index is -4.00. The van der Waals surface area contributed by atoms with E-state index in [4.69, 9.17) is 16.3 Å². The minimum Gasteiger partial charge on any atom is -0.462 e. The van der Waals surface area contributed by atoms with Crippen LogP contribution in [-0.4, -0.2) is 27.0 Å². The predicted molar refractivity (Wildman–Crippen MR) is 111 cm³/mol. The van der Waals surface area contributed by atoms with Crippen LogP contribution in [0.2, 0.25) is 5.02 Å². The number of esters is 1. The number of sulfonamides is 1. The van der Waals surface area contributed by atoms with Crippen LogP contribution in [0.1, 0.15) is 13.8 Å². The molecule has 3 aromatic rings. The molecule has 0 aliphatic carbocycles. The van der Waals surface area contributed by atoms with Crippen LogP contribution in [-0.2, 0) is 19.6 Å². The van der Waals surface area contributed by atoms with Gasteiger partial charge in [0.2, 0.25) is 0 Å². The van der Waals surface area contributed by atoms with Crippen LogP contribution in [0.5, 0.6) is 0 Å². The summed E-state index contributed by atoms with van der Waals surface area (Å²) in [5, 5.41) is 2.27. The summed E-state index contributed by atoms with van der Waals surface area (Å²) < 4.78 is 32.8. The third-order valence-electron chi connectivity index (χ3n) is 4.06. The maximum Gasteiger partial charge on any atom is 0.327 e. The molecule has 0 spiro atoms. The number of anilines is 1. The average molecular weight is 418 g/mol. The molecule has 0 saturated heterocycles. The first-order chi connectivity index (χ1) is 13.3. The fraction of sp³-hybridized carbons (Fsp3) is 0.190. The van der Waals surface area contributed by atoms with Crippen LogP contribution in [0.25, 0.3) is 10.8 Å². The lowest BCUT2D eigenvalue weighted by Gasteiger charge is -2.24. The van der Waals surface area contributed by atoms with Gasteiger partial charge in [-0.05, 0) is 61.0 Å². The molecule has 0 amide bonds. The van der Waals surface area contributed by atoms with Crippen LogP contribution >= 0.6 is 11.6 Å². The number of halogens is 1. The maximum absolute atomic E-state index is 13.3. The first-order valence-electron chi connectivity index (χ1n) is 8.74. The van der Waals surface area contributed by atoms with Gasteiger partial charge in [0.05, 0.1) is 16.7 Å². The number of fused-ring (bicyclic) bond motifs is 1. The van der Waals surface area contributed by atoms with Crippen molar-refractivity contribution >= 4 is 44.1 Å². The highest BCUT2D eigenvalue weighted by molar-refractivity contribution is 7.92. The molecule has 28 heavy (non-hydrogen) atoms. The van der Waals surface area contributed by atoms with Crippen LogP contribution in [0.15, 0.2) is 71.6 Å². The molecule has 3 rings (SSSR count). The fourth-order valence-corrected chi connectivity index (χ4v) is 4.33. The molecule has 0 unspecified atom stereocenters. The maximum atomic E-state index is 13.3. The lowest BCUT2D eigenvalue weighted by atomic mass is 10.1. The van der Waals surface area contributed by atoms with Gasteiger partial charge in [0.25, 0.3) is 10.0 Å². The van der Waals surface area contributed by atoms with Gasteiger partial charge in [-0.25, -0.2) is 8.42 Å². The highest BCUT2D eigenvalue weighted by Gasteiger charge is 2.28. The van der Waals surface area contributed by atoms with E-state index in [1.807, 2.05) is 30.3 Å². The normalized spacial score (nSPS) is 11.6. The van der Waals surface area contributed by atoms with Crippen molar-refractivity contribution in [2.24, 2.45) is 0 Å². The van der Waals surface area contributed by atoms with Gasteiger partial charge >= 0.3 is 5.97 Å². The Bertz CT molecular complexity index is 1090. The molecule has 0 aromatic heterocycles. The van der Waals surface area contributed by atoms with Crippen molar-refractivity contribution in [3.63, 3.8) is 0 Å². The molecular formula is C21H20ClNO4S. The van der Waals surface area contributed by atoms with Gasteiger partial charge in [-0.1, -0.05) is 41.9 Å². The molecule has 0 aliphatic rings. The van der Waals surface area contributed by atoms with E-state index in [0.717, 1.165) is 15.1 Å². The molecule has 0 radical (unpaired) electrons. The van der Waals surface area contributed by atoms with Crippen molar-refractivity contribution in [2.45, 2.75) is 24.8 Å². The highest BCUT2D eigenvalue weighted by Crippen LogP contribution is 2.28. The van der Waals surface area contributed by atoms with E-state index in [1.54, 1.807) is 26.0 Å². The van der Waals surface area contributed by atoms with Gasteiger partial charge in [0.1, 0.15) is 6.54 Å². The molecule has 0 N–H and O–H groups in total. The number of hydrogen-bond donors (Lipinski definition) is 0. The van der Waals surface area contributed by atoms with Gasteiger partial charge in [0.15, 0.2) is 0 Å². The molecule has 0 heterocycles. The van der Waals surface area contributed by atoms with E-state index in [-0.39, 0.29) is 11.0 Å². The number of ether oxygens (including phenoxy) is 1. The van der Waals surface area contributed by atoms with Gasteiger partial charge < -0.3 is 4.74 Å². The van der Waals surface area contributed by atoms with Crippen molar-refractivity contribution in [3.8, 4) is 0 Å². The lowest BCUT2D eigenvalue weighted by molar-refractivity contribution is -0.145. The van der Waals surface area contributed by atoms with E-state index in [1.165, 1.54) is 24.3 Å². The van der Waals surface area contributed by atoms with Crippen LogP contribution in [0.4, 0.5) is 5.69 Å². The second-order valence-electron chi connectivity index (χ2n) is 6.54. The van der Waals surface area contributed by atoms with E-state index in [0.29, 0.717) is 10.7 Å². The topological polar surface area (TPSA) is 63.7 Å². The summed E-state index contributed by atoms with van der Waals surface area (Å²) >= 11 is 5.88. The molecular weight excluding hydrogens is 398 g/mol. The van der Waals surface area contributed by atoms with Crippen molar-refractivity contribution in [2.75, 3.05) is 10.8 Å². The third kappa shape index (κ3) is 4.46. The second-order valence-corrected chi connectivity index (χ2v) is 8.83. The molecule has 7 heteroatoms. The number of nitrogens with zero attached hydrogens (tertiary/aromatic N) is 1. The van der Waals surface area contributed by atoms with Crippen molar-refractivity contribution in [1.82, 2.24) is 0 Å². The molecule has 0 atom stereocenters. The fourth-order valence-electron chi connectivity index (χ4n) is 2.80. The Balaban J connectivity index is 2.07. The molecule has 5 nitrogen and oxygen atoms in total. The lowest BCUT2D eigenvalue weighted by Crippen LogP contribution is -2.37. The summed E-state index contributed by atoms with van der Waals surface area (Å²) in [7, 11) is -4.00. The molecule has 0 saturated carbocycles. The second kappa shape index (κ2) is 8.20. The monoisotopic (exact) mass is 417 g/mol. The smallest absolute Gasteiger partial charge is 0.327 e. The van der Waals surface area contributed by atoms with Crippen LogP contribution < -0.4 is 4.31 Å². The SMILES string of the molecule is CC(C)OC(=O)CN(c1ccc2ccccc2c1)S(=O)(=O)c1ccc(Cl)cc1. The number of carbonyl (C=O) groups excluding carboxylic acids is 1. The van der Waals surface area contributed by atoms with E-state index in [9.17, 15) is 13.2 Å². The van der Waals surface area contributed by atoms with Gasteiger partial charge in [0, 0.05) is 5.02 Å². The molecule has 0 fully saturated rings. The van der Waals surface area contributed by atoms with Crippen molar-refractivity contribution in [1.29, 1.82) is 0 Å². The summed E-state index contributed by atoms with van der Waals surface area (Å²) in [4.78, 5) is 12.3. The zero-order chi connectivity index (χ0) is 20.3. The summed E-state index contributed by atoms with van der Waals surface area (Å²) in [6.45, 7) is 3.00. The summed E-state index contributed by atoms with van der Waals surface area (Å²) in [5.41, 5.74) is 0.384. The third-order valence-corrected chi connectivity index (χ3v) is 6.10. The predicted octanol–water partition coefficient (Wildman–Crippen LogP) is 4.64. The Kier molecular flexibility index (Phi) is 5.91. The standard InChI is InChI=1S/C21H20ClNO4S/c1-15(2)27-21(24)14-23(28(25,26)20-11-8-18(22)9-12-20)19-10-7-16-5-3-4-6-17(16)13-19/h3-13,15H,14H2,1-2H3. The summed E-state index contributed by atoms with van der Waals surface area (Å²) in [5.74, 6) is -0.624. The number of rotatable bonds is 6. The Labute approximate surface area is 169 Å². The average Bonchev–Trinajstić information content (AvgIpc) is 2.65. The molecule has 146 valence electrons. The van der Waals surface area contributed by atoms with E-state index < -0.39 is 22.5 Å². The zero-order valence-electron chi connectivity index (χ0n) is 15.5. The van der Waals surface area contributed by atoms with Crippen molar-refractivity contribution in [3.05, 3.63) is 71.8 Å². The Morgan fingerprint density at radius 1 is 1.00 bits per heavy atom. The zero-order valence-corrected chi connectivity index (χ0v) is 17.1. The molecule has 0 bridgehead atoms. The number of benzene rings is 3. The summed E-state index contributed by atoms with van der Waals surface area (Å²) in [6.07, 6.45) is -0.343. The highest BCUT2D eigenvalue weighted by atomic mass is 35.5. The van der Waals surface area contributed by atoms with E-state index >= 15 is 0 Å². The number of hydrogen-bond acceptors (Lipinski definition) is 4. The van der Waals surface area contributed by atoms with Gasteiger partial charge in [-0.3, -0.25) is 9.10 Å². The van der Waals surface area contributed by atoms with Crippen molar-refractivity contribution < 1.29 is 17.9 Å².